The molecule has 0 saturated heterocycles. The first-order valence-corrected chi connectivity index (χ1v) is 6.22. The van der Waals surface area contributed by atoms with Gasteiger partial charge in [0.2, 0.25) is 5.88 Å². The number of nitrogens with zero attached hydrogens (tertiary/aromatic N) is 1. The Balaban J connectivity index is 2.02. The Morgan fingerprint density at radius 1 is 1.29 bits per heavy atom. The second-order valence-corrected chi connectivity index (χ2v) is 4.49. The molecule has 94 valence electrons. The zero-order valence-corrected chi connectivity index (χ0v) is 10.3. The number of ether oxygens (including phenoxy) is 2. The number of nitrogens with two attached hydrogens (primary N) is 1. The molecule has 0 amide bonds. The topological polar surface area (TPSA) is 57.4 Å². The summed E-state index contributed by atoms with van der Waals surface area (Å²) in [4.78, 5) is 4.06. The highest BCUT2D eigenvalue weighted by Crippen LogP contribution is 2.23. The zero-order valence-electron chi connectivity index (χ0n) is 10.3. The highest BCUT2D eigenvalue weighted by atomic mass is 16.5. The van der Waals surface area contributed by atoms with Gasteiger partial charge in [-0.15, -0.1) is 0 Å². The molecular weight excluding hydrogens is 216 g/mol. The van der Waals surface area contributed by atoms with Gasteiger partial charge in [0.15, 0.2) is 0 Å². The zero-order chi connectivity index (χ0) is 12.1. The van der Waals surface area contributed by atoms with Crippen LogP contribution < -0.4 is 15.2 Å². The quantitative estimate of drug-likeness (QED) is 0.817. The van der Waals surface area contributed by atoms with E-state index in [0.717, 1.165) is 18.6 Å². The van der Waals surface area contributed by atoms with Gasteiger partial charge in [0, 0.05) is 18.3 Å². The minimum atomic E-state index is 0.115. The number of pyridine rings is 1. The molecule has 0 aromatic carbocycles. The fraction of sp³-hybridized carbons (Fsp3) is 0.615. The molecule has 1 aliphatic rings. The summed E-state index contributed by atoms with van der Waals surface area (Å²) in [6.07, 6.45) is 7.55. The first kappa shape index (κ1) is 12.2. The Labute approximate surface area is 102 Å². The summed E-state index contributed by atoms with van der Waals surface area (Å²) >= 11 is 0. The van der Waals surface area contributed by atoms with Crippen molar-refractivity contribution in [2.45, 2.75) is 44.2 Å². The maximum atomic E-state index is 6.13. The monoisotopic (exact) mass is 236 g/mol. The van der Waals surface area contributed by atoms with Crippen molar-refractivity contribution >= 4 is 0 Å². The molecule has 4 nitrogen and oxygen atoms in total. The van der Waals surface area contributed by atoms with E-state index < -0.39 is 0 Å². The maximum absolute atomic E-state index is 6.13. The molecule has 1 aromatic heterocycles. The Morgan fingerprint density at radius 3 is 2.94 bits per heavy atom. The van der Waals surface area contributed by atoms with E-state index >= 15 is 0 Å². The number of aromatic nitrogens is 1. The second kappa shape index (κ2) is 5.87. The lowest BCUT2D eigenvalue weighted by Gasteiger charge is -2.22. The Morgan fingerprint density at radius 2 is 2.12 bits per heavy atom. The van der Waals surface area contributed by atoms with Crippen molar-refractivity contribution < 1.29 is 9.47 Å². The van der Waals surface area contributed by atoms with Gasteiger partial charge in [-0.2, -0.15) is 0 Å². The number of hydrogen-bond donors (Lipinski definition) is 1. The highest BCUT2D eigenvalue weighted by Gasteiger charge is 2.22. The van der Waals surface area contributed by atoms with Gasteiger partial charge in [-0.05, 0) is 25.3 Å². The van der Waals surface area contributed by atoms with E-state index in [1.165, 1.54) is 19.3 Å². The lowest BCUT2D eigenvalue weighted by Crippen LogP contribution is -2.37. The van der Waals surface area contributed by atoms with Gasteiger partial charge in [0.1, 0.15) is 11.9 Å². The maximum Gasteiger partial charge on any atom is 0.216 e. The van der Waals surface area contributed by atoms with E-state index in [2.05, 4.69) is 4.98 Å². The summed E-state index contributed by atoms with van der Waals surface area (Å²) in [5, 5.41) is 0. The number of hydrogen-bond acceptors (Lipinski definition) is 4. The van der Waals surface area contributed by atoms with Crippen molar-refractivity contribution in [2.75, 3.05) is 7.11 Å². The van der Waals surface area contributed by atoms with Crippen molar-refractivity contribution in [1.29, 1.82) is 0 Å². The molecular formula is C13H20N2O2. The van der Waals surface area contributed by atoms with Crippen LogP contribution in [0.4, 0.5) is 0 Å². The standard InChI is InChI=1S/C13H20N2O2/c1-16-13-9-10(7-8-15-13)17-12-6-4-2-3-5-11(12)14/h7-9,11-12H,2-6,14H2,1H3. The summed E-state index contributed by atoms with van der Waals surface area (Å²) < 4.78 is 11.0. The van der Waals surface area contributed by atoms with Gasteiger partial charge in [-0.1, -0.05) is 12.8 Å². The van der Waals surface area contributed by atoms with Crippen molar-refractivity contribution in [1.82, 2.24) is 4.98 Å². The van der Waals surface area contributed by atoms with E-state index in [-0.39, 0.29) is 12.1 Å². The summed E-state index contributed by atoms with van der Waals surface area (Å²) in [5.41, 5.74) is 6.13. The van der Waals surface area contributed by atoms with Gasteiger partial charge in [-0.25, -0.2) is 4.98 Å². The summed E-state index contributed by atoms with van der Waals surface area (Å²) in [6.45, 7) is 0. The SMILES string of the molecule is COc1cc(OC2CCCCCC2N)ccn1. The van der Waals surface area contributed by atoms with Crippen LogP contribution in [-0.4, -0.2) is 24.2 Å². The summed E-state index contributed by atoms with van der Waals surface area (Å²) in [6, 6.07) is 3.79. The summed E-state index contributed by atoms with van der Waals surface area (Å²) in [5.74, 6) is 1.36. The second-order valence-electron chi connectivity index (χ2n) is 4.49. The molecule has 2 atom stereocenters. The largest absolute Gasteiger partial charge is 0.489 e. The first-order chi connectivity index (χ1) is 8.29. The van der Waals surface area contributed by atoms with E-state index in [1.54, 1.807) is 19.4 Å². The van der Waals surface area contributed by atoms with E-state index in [4.69, 9.17) is 15.2 Å². The van der Waals surface area contributed by atoms with Gasteiger partial charge in [0.05, 0.1) is 7.11 Å². The normalized spacial score (nSPS) is 25.1. The van der Waals surface area contributed by atoms with Crippen LogP contribution >= 0.6 is 0 Å². The van der Waals surface area contributed by atoms with Crippen LogP contribution in [0, 0.1) is 0 Å². The van der Waals surface area contributed by atoms with Gasteiger partial charge in [-0.3, -0.25) is 0 Å². The lowest BCUT2D eigenvalue weighted by molar-refractivity contribution is 0.162. The molecule has 1 saturated carbocycles. The molecule has 0 aliphatic heterocycles. The van der Waals surface area contributed by atoms with Crippen molar-refractivity contribution in [2.24, 2.45) is 5.73 Å². The van der Waals surface area contributed by atoms with Crippen LogP contribution in [0.5, 0.6) is 11.6 Å². The van der Waals surface area contributed by atoms with Gasteiger partial charge < -0.3 is 15.2 Å². The molecule has 1 heterocycles. The molecule has 0 radical (unpaired) electrons. The smallest absolute Gasteiger partial charge is 0.216 e. The molecule has 0 bridgehead atoms. The van der Waals surface area contributed by atoms with Crippen LogP contribution in [0.3, 0.4) is 0 Å². The molecule has 2 unspecified atom stereocenters. The van der Waals surface area contributed by atoms with Gasteiger partial charge in [0.25, 0.3) is 0 Å². The predicted octanol–water partition coefficient (Wildman–Crippen LogP) is 2.13. The average molecular weight is 236 g/mol. The van der Waals surface area contributed by atoms with Crippen molar-refractivity contribution in [3.63, 3.8) is 0 Å². The fourth-order valence-corrected chi connectivity index (χ4v) is 2.20. The van der Waals surface area contributed by atoms with Crippen molar-refractivity contribution in [3.05, 3.63) is 18.3 Å². The van der Waals surface area contributed by atoms with E-state index in [9.17, 15) is 0 Å². The molecule has 1 aromatic rings. The molecule has 1 aliphatic carbocycles. The summed E-state index contributed by atoms with van der Waals surface area (Å²) in [7, 11) is 1.60. The molecule has 0 spiro atoms. The average Bonchev–Trinajstić information content (AvgIpc) is 2.55. The third kappa shape index (κ3) is 3.33. The van der Waals surface area contributed by atoms with E-state index in [1.807, 2.05) is 6.07 Å². The molecule has 2 rings (SSSR count). The number of rotatable bonds is 3. The lowest BCUT2D eigenvalue weighted by atomic mass is 10.1. The Bertz CT molecular complexity index is 357. The first-order valence-electron chi connectivity index (χ1n) is 6.22. The highest BCUT2D eigenvalue weighted by molar-refractivity contribution is 5.26. The van der Waals surface area contributed by atoms with Crippen LogP contribution in [0.15, 0.2) is 18.3 Å². The van der Waals surface area contributed by atoms with Crippen LogP contribution in [-0.2, 0) is 0 Å². The molecule has 4 heteroatoms. The van der Waals surface area contributed by atoms with Gasteiger partial charge >= 0.3 is 0 Å². The minimum absolute atomic E-state index is 0.115. The fourth-order valence-electron chi connectivity index (χ4n) is 2.20. The number of methoxy groups -OCH3 is 1. The Hall–Kier alpha value is -1.29. The Kier molecular flexibility index (Phi) is 4.20. The third-order valence-electron chi connectivity index (χ3n) is 3.21. The third-order valence-corrected chi connectivity index (χ3v) is 3.21. The molecule has 2 N–H and O–H groups in total. The molecule has 17 heavy (non-hydrogen) atoms. The molecule has 1 fully saturated rings. The van der Waals surface area contributed by atoms with Crippen LogP contribution in [0.25, 0.3) is 0 Å². The van der Waals surface area contributed by atoms with Crippen LogP contribution in [0.2, 0.25) is 0 Å². The van der Waals surface area contributed by atoms with E-state index in [0.29, 0.717) is 5.88 Å². The van der Waals surface area contributed by atoms with Crippen molar-refractivity contribution in [3.8, 4) is 11.6 Å². The van der Waals surface area contributed by atoms with Crippen LogP contribution in [0.1, 0.15) is 32.1 Å². The predicted molar refractivity (Wildman–Crippen MR) is 66.3 cm³/mol. The minimum Gasteiger partial charge on any atom is -0.489 e.